The fourth-order valence-electron chi connectivity index (χ4n) is 2.67. The molecule has 0 fully saturated rings. The van der Waals surface area contributed by atoms with E-state index in [-0.39, 0.29) is 11.9 Å². The smallest absolute Gasteiger partial charge is 0.251 e. The molecule has 0 aliphatic rings. The summed E-state index contributed by atoms with van der Waals surface area (Å²) in [7, 11) is 0. The Morgan fingerprint density at radius 1 is 1.16 bits per heavy atom. The predicted molar refractivity (Wildman–Crippen MR) is 97.3 cm³/mol. The Hall–Kier alpha value is -2.76. The quantitative estimate of drug-likeness (QED) is 0.777. The second-order valence-corrected chi connectivity index (χ2v) is 6.68. The molecule has 0 radical (unpaired) electrons. The van der Waals surface area contributed by atoms with Gasteiger partial charge in [-0.05, 0) is 38.0 Å². The van der Waals surface area contributed by atoms with Crippen LogP contribution in [0.25, 0.3) is 11.0 Å². The molecule has 0 bridgehead atoms. The standard InChI is InChI=1S/C19H23N5O/c1-12(2)18(10-24-8-7-20-11-24)23-19(25)15-5-6-16-17(9-15)22-14(4)13(3)21-16/h5-9,11-12,18H,10H2,1-4H3,(H,23,25). The topological polar surface area (TPSA) is 72.7 Å². The maximum atomic E-state index is 12.7. The summed E-state index contributed by atoms with van der Waals surface area (Å²) in [5, 5.41) is 3.13. The van der Waals surface area contributed by atoms with Gasteiger partial charge in [0.1, 0.15) is 0 Å². The molecule has 1 aromatic carbocycles. The minimum atomic E-state index is -0.0965. The zero-order chi connectivity index (χ0) is 18.0. The summed E-state index contributed by atoms with van der Waals surface area (Å²) in [5.74, 6) is 0.206. The van der Waals surface area contributed by atoms with Gasteiger partial charge in [-0.2, -0.15) is 0 Å². The van der Waals surface area contributed by atoms with Gasteiger partial charge in [0.25, 0.3) is 5.91 Å². The molecule has 3 aromatic rings. The van der Waals surface area contributed by atoms with Gasteiger partial charge in [0.05, 0.1) is 28.7 Å². The molecule has 6 heteroatoms. The van der Waals surface area contributed by atoms with E-state index in [9.17, 15) is 4.79 Å². The van der Waals surface area contributed by atoms with Crippen LogP contribution in [-0.4, -0.2) is 31.5 Å². The highest BCUT2D eigenvalue weighted by atomic mass is 16.1. The first-order valence-electron chi connectivity index (χ1n) is 8.45. The summed E-state index contributed by atoms with van der Waals surface area (Å²) in [6, 6.07) is 5.47. The van der Waals surface area contributed by atoms with Crippen LogP contribution in [0.5, 0.6) is 0 Å². The van der Waals surface area contributed by atoms with Crippen molar-refractivity contribution in [2.45, 2.75) is 40.3 Å². The number of hydrogen-bond donors (Lipinski definition) is 1. The van der Waals surface area contributed by atoms with E-state index in [2.05, 4.69) is 34.1 Å². The van der Waals surface area contributed by atoms with Crippen LogP contribution in [-0.2, 0) is 6.54 Å². The van der Waals surface area contributed by atoms with Crippen molar-refractivity contribution in [2.24, 2.45) is 5.92 Å². The molecular weight excluding hydrogens is 314 g/mol. The van der Waals surface area contributed by atoms with Gasteiger partial charge in [0, 0.05) is 30.5 Å². The molecule has 0 saturated carbocycles. The van der Waals surface area contributed by atoms with Crippen molar-refractivity contribution in [2.75, 3.05) is 0 Å². The molecule has 2 aromatic heterocycles. The maximum absolute atomic E-state index is 12.7. The van der Waals surface area contributed by atoms with E-state index in [4.69, 9.17) is 0 Å². The summed E-state index contributed by atoms with van der Waals surface area (Å²) in [5.41, 5.74) is 3.93. The van der Waals surface area contributed by atoms with Gasteiger partial charge in [-0.3, -0.25) is 4.79 Å². The molecule has 3 rings (SSSR count). The van der Waals surface area contributed by atoms with Crippen LogP contribution in [0.2, 0.25) is 0 Å². The van der Waals surface area contributed by atoms with Gasteiger partial charge < -0.3 is 9.88 Å². The van der Waals surface area contributed by atoms with Crippen molar-refractivity contribution in [3.63, 3.8) is 0 Å². The fourth-order valence-corrected chi connectivity index (χ4v) is 2.67. The van der Waals surface area contributed by atoms with E-state index in [1.807, 2.05) is 30.7 Å². The zero-order valence-corrected chi connectivity index (χ0v) is 15.0. The Labute approximate surface area is 147 Å². The van der Waals surface area contributed by atoms with Crippen molar-refractivity contribution in [3.05, 3.63) is 53.9 Å². The van der Waals surface area contributed by atoms with E-state index in [1.165, 1.54) is 0 Å². The van der Waals surface area contributed by atoms with Crippen molar-refractivity contribution >= 4 is 16.9 Å². The van der Waals surface area contributed by atoms with Gasteiger partial charge in [-0.1, -0.05) is 13.8 Å². The first-order valence-corrected chi connectivity index (χ1v) is 8.45. The monoisotopic (exact) mass is 337 g/mol. The molecular formula is C19H23N5O. The third-order valence-electron chi connectivity index (χ3n) is 4.43. The van der Waals surface area contributed by atoms with E-state index in [0.29, 0.717) is 18.0 Å². The Kier molecular flexibility index (Phi) is 4.79. The molecule has 2 heterocycles. The van der Waals surface area contributed by atoms with Crippen molar-refractivity contribution in [3.8, 4) is 0 Å². The number of aryl methyl sites for hydroxylation is 2. The summed E-state index contributed by atoms with van der Waals surface area (Å²) in [4.78, 5) is 25.8. The summed E-state index contributed by atoms with van der Waals surface area (Å²) >= 11 is 0. The van der Waals surface area contributed by atoms with Gasteiger partial charge in [0.15, 0.2) is 0 Å². The SMILES string of the molecule is Cc1nc2ccc(C(=O)NC(Cn3ccnc3)C(C)C)cc2nc1C. The Bertz CT molecular complexity index is 886. The lowest BCUT2D eigenvalue weighted by Gasteiger charge is -2.23. The Morgan fingerprint density at radius 2 is 1.88 bits per heavy atom. The molecule has 0 spiro atoms. The van der Waals surface area contributed by atoms with Gasteiger partial charge >= 0.3 is 0 Å². The number of rotatable bonds is 5. The summed E-state index contributed by atoms with van der Waals surface area (Å²) in [6.45, 7) is 8.75. The molecule has 1 atom stereocenters. The second kappa shape index (κ2) is 7.01. The van der Waals surface area contributed by atoms with E-state index in [1.54, 1.807) is 24.7 Å². The number of benzene rings is 1. The van der Waals surface area contributed by atoms with Crippen LogP contribution in [0.1, 0.15) is 35.6 Å². The molecule has 1 unspecified atom stereocenters. The number of carbonyl (C=O) groups excluding carboxylic acids is 1. The molecule has 130 valence electrons. The third kappa shape index (κ3) is 3.84. The Balaban J connectivity index is 1.81. The number of carbonyl (C=O) groups is 1. The highest BCUT2D eigenvalue weighted by Crippen LogP contribution is 2.15. The second-order valence-electron chi connectivity index (χ2n) is 6.68. The number of amides is 1. The van der Waals surface area contributed by atoms with Gasteiger partial charge in [0.2, 0.25) is 0 Å². The highest BCUT2D eigenvalue weighted by molar-refractivity contribution is 5.97. The van der Waals surface area contributed by atoms with Gasteiger partial charge in [-0.25, -0.2) is 15.0 Å². The van der Waals surface area contributed by atoms with Gasteiger partial charge in [-0.15, -0.1) is 0 Å². The summed E-state index contributed by atoms with van der Waals surface area (Å²) < 4.78 is 1.98. The average Bonchev–Trinajstić information content (AvgIpc) is 3.07. The normalized spacial score (nSPS) is 12.5. The van der Waals surface area contributed by atoms with Crippen molar-refractivity contribution < 1.29 is 4.79 Å². The number of nitrogens with zero attached hydrogens (tertiary/aromatic N) is 4. The molecule has 0 saturated heterocycles. The largest absolute Gasteiger partial charge is 0.347 e. The van der Waals surface area contributed by atoms with Crippen LogP contribution in [0.15, 0.2) is 36.9 Å². The molecule has 6 nitrogen and oxygen atoms in total. The highest BCUT2D eigenvalue weighted by Gasteiger charge is 2.18. The van der Waals surface area contributed by atoms with Crippen LogP contribution in [0.4, 0.5) is 0 Å². The first-order chi connectivity index (χ1) is 11.9. The molecule has 25 heavy (non-hydrogen) atoms. The lowest BCUT2D eigenvalue weighted by atomic mass is 10.0. The van der Waals surface area contributed by atoms with E-state index in [0.717, 1.165) is 22.4 Å². The van der Waals surface area contributed by atoms with Crippen molar-refractivity contribution in [1.29, 1.82) is 0 Å². The lowest BCUT2D eigenvalue weighted by molar-refractivity contribution is 0.0920. The Morgan fingerprint density at radius 3 is 2.52 bits per heavy atom. The van der Waals surface area contributed by atoms with Crippen LogP contribution >= 0.6 is 0 Å². The first kappa shape index (κ1) is 17.1. The van der Waals surface area contributed by atoms with Crippen LogP contribution in [0.3, 0.4) is 0 Å². The summed E-state index contributed by atoms with van der Waals surface area (Å²) in [6.07, 6.45) is 5.40. The predicted octanol–water partition coefficient (Wildman–Crippen LogP) is 2.90. The molecule has 1 amide bonds. The van der Waals surface area contributed by atoms with E-state index < -0.39 is 0 Å². The van der Waals surface area contributed by atoms with Crippen LogP contribution < -0.4 is 5.32 Å². The third-order valence-corrected chi connectivity index (χ3v) is 4.43. The number of nitrogens with one attached hydrogen (secondary N) is 1. The average molecular weight is 337 g/mol. The molecule has 0 aliphatic heterocycles. The van der Waals surface area contributed by atoms with Crippen LogP contribution in [0, 0.1) is 19.8 Å². The van der Waals surface area contributed by atoms with E-state index >= 15 is 0 Å². The van der Waals surface area contributed by atoms with Crippen molar-refractivity contribution in [1.82, 2.24) is 24.8 Å². The minimum absolute atomic E-state index is 0.0169. The minimum Gasteiger partial charge on any atom is -0.347 e. The maximum Gasteiger partial charge on any atom is 0.251 e. The number of imidazole rings is 1. The zero-order valence-electron chi connectivity index (χ0n) is 15.0. The number of hydrogen-bond acceptors (Lipinski definition) is 4. The number of aromatic nitrogens is 4. The molecule has 0 aliphatic carbocycles. The fraction of sp³-hybridized carbons (Fsp3) is 0.368. The molecule has 1 N–H and O–H groups in total. The lowest BCUT2D eigenvalue weighted by Crippen LogP contribution is -2.41. The number of fused-ring (bicyclic) bond motifs is 1.